The monoisotopic (exact) mass is 253 g/mol. The van der Waals surface area contributed by atoms with E-state index in [1.54, 1.807) is 0 Å². The van der Waals surface area contributed by atoms with Gasteiger partial charge < -0.3 is 5.11 Å². The maximum atomic E-state index is 12.6. The normalized spacial score (nSPS) is 15.4. The molecule has 0 heterocycles. The van der Waals surface area contributed by atoms with Gasteiger partial charge in [-0.1, -0.05) is 12.1 Å². The Bertz CT molecular complexity index is 417. The Labute approximate surface area is 92.6 Å². The summed E-state index contributed by atoms with van der Waals surface area (Å²) in [6, 6.07) is 2.69. The van der Waals surface area contributed by atoms with E-state index in [2.05, 4.69) is 0 Å². The highest BCUT2D eigenvalue weighted by Gasteiger charge is 2.58. The zero-order chi connectivity index (χ0) is 13.3. The first-order valence-corrected chi connectivity index (χ1v) is 4.34. The first kappa shape index (κ1) is 13.4. The fourth-order valence-corrected chi connectivity index (χ4v) is 1.26. The molecule has 0 amide bonds. The van der Waals surface area contributed by atoms with Gasteiger partial charge in [-0.3, -0.25) is 10.1 Å². The predicted molar refractivity (Wildman–Crippen MR) is 48.2 cm³/mol. The summed E-state index contributed by atoms with van der Waals surface area (Å²) in [6.07, 6.45) is -5.22. The number of hydrogen-bond acceptors (Lipinski definition) is 3. The molecule has 0 aromatic heterocycles. The standard InChI is InChI=1S/C9H7F4NO3/c10-7-3-1-6(2-4-7)8(15,5-14(16)17)9(11,12)13/h1-4,15H,5H2/t8-/m0/s1. The van der Waals surface area contributed by atoms with Crippen molar-refractivity contribution in [1.82, 2.24) is 0 Å². The van der Waals surface area contributed by atoms with Gasteiger partial charge in [0.05, 0.1) is 0 Å². The topological polar surface area (TPSA) is 63.4 Å². The van der Waals surface area contributed by atoms with E-state index in [9.17, 15) is 32.8 Å². The van der Waals surface area contributed by atoms with Gasteiger partial charge in [0.2, 0.25) is 6.54 Å². The largest absolute Gasteiger partial charge is 0.428 e. The Kier molecular flexibility index (Phi) is 3.37. The fourth-order valence-electron chi connectivity index (χ4n) is 1.26. The van der Waals surface area contributed by atoms with Gasteiger partial charge in [-0.25, -0.2) is 4.39 Å². The van der Waals surface area contributed by atoms with E-state index in [1.165, 1.54) is 0 Å². The molecular formula is C9H7F4NO3. The molecule has 0 aliphatic carbocycles. The van der Waals surface area contributed by atoms with Crippen LogP contribution in [0.25, 0.3) is 0 Å². The van der Waals surface area contributed by atoms with Crippen molar-refractivity contribution in [3.05, 3.63) is 45.8 Å². The number of halogens is 4. The molecule has 17 heavy (non-hydrogen) atoms. The van der Waals surface area contributed by atoms with Crippen molar-refractivity contribution in [1.29, 1.82) is 0 Å². The molecule has 0 saturated carbocycles. The van der Waals surface area contributed by atoms with Crippen LogP contribution in [0.5, 0.6) is 0 Å². The zero-order valence-electron chi connectivity index (χ0n) is 8.24. The third kappa shape index (κ3) is 2.70. The molecule has 0 unspecified atom stereocenters. The molecule has 4 nitrogen and oxygen atoms in total. The highest BCUT2D eigenvalue weighted by molar-refractivity contribution is 5.25. The molecule has 0 bridgehead atoms. The van der Waals surface area contributed by atoms with Crippen LogP contribution in [0.4, 0.5) is 17.6 Å². The molecule has 1 rings (SSSR count). The van der Waals surface area contributed by atoms with Crippen molar-refractivity contribution < 1.29 is 27.6 Å². The van der Waals surface area contributed by atoms with Crippen LogP contribution in [0, 0.1) is 15.9 Å². The summed E-state index contributed by atoms with van der Waals surface area (Å²) in [5, 5.41) is 19.6. The second kappa shape index (κ2) is 4.28. The molecule has 0 radical (unpaired) electrons. The fraction of sp³-hybridized carbons (Fsp3) is 0.333. The van der Waals surface area contributed by atoms with Gasteiger partial charge in [0.1, 0.15) is 5.82 Å². The first-order chi connectivity index (χ1) is 7.67. The molecule has 0 aliphatic heterocycles. The van der Waals surface area contributed by atoms with E-state index in [1.807, 2.05) is 0 Å². The molecular weight excluding hydrogens is 246 g/mol. The van der Waals surface area contributed by atoms with E-state index in [-0.39, 0.29) is 0 Å². The molecule has 94 valence electrons. The Morgan fingerprint density at radius 1 is 1.24 bits per heavy atom. The van der Waals surface area contributed by atoms with Crippen LogP contribution in [0.3, 0.4) is 0 Å². The number of alkyl halides is 3. The lowest BCUT2D eigenvalue weighted by Crippen LogP contribution is -2.47. The van der Waals surface area contributed by atoms with E-state index in [0.717, 1.165) is 0 Å². The first-order valence-electron chi connectivity index (χ1n) is 4.34. The van der Waals surface area contributed by atoms with Gasteiger partial charge in [0, 0.05) is 4.92 Å². The lowest BCUT2D eigenvalue weighted by Gasteiger charge is -2.26. The molecule has 1 N–H and O–H groups in total. The summed E-state index contributed by atoms with van der Waals surface area (Å²) in [6.45, 7) is -1.73. The third-order valence-electron chi connectivity index (χ3n) is 2.15. The second-order valence-electron chi connectivity index (χ2n) is 3.36. The van der Waals surface area contributed by atoms with Crippen LogP contribution in [0.15, 0.2) is 24.3 Å². The summed E-state index contributed by atoms with van der Waals surface area (Å²) in [5.74, 6) is -0.806. The quantitative estimate of drug-likeness (QED) is 0.508. The highest BCUT2D eigenvalue weighted by atomic mass is 19.4. The molecule has 0 spiro atoms. The Hall–Kier alpha value is -1.70. The molecule has 8 heteroatoms. The molecule has 1 aromatic rings. The minimum absolute atomic E-state index is 0.659. The molecule has 0 fully saturated rings. The molecule has 0 aliphatic rings. The number of aliphatic hydroxyl groups is 1. The zero-order valence-corrected chi connectivity index (χ0v) is 8.24. The number of nitro groups is 1. The maximum absolute atomic E-state index is 12.6. The summed E-state index contributed by atoms with van der Waals surface area (Å²) < 4.78 is 50.3. The van der Waals surface area contributed by atoms with Gasteiger partial charge >= 0.3 is 6.18 Å². The third-order valence-corrected chi connectivity index (χ3v) is 2.15. The van der Waals surface area contributed by atoms with Gasteiger partial charge in [-0.15, -0.1) is 0 Å². The maximum Gasteiger partial charge on any atom is 0.428 e. The second-order valence-corrected chi connectivity index (χ2v) is 3.36. The minimum atomic E-state index is -5.22. The molecule has 1 aromatic carbocycles. The summed E-state index contributed by atoms with van der Waals surface area (Å²) in [5.41, 5.74) is -4.40. The molecule has 1 atom stereocenters. The SMILES string of the molecule is O=[N+]([O-])C[C@](O)(c1ccc(F)cc1)C(F)(F)F. The van der Waals surface area contributed by atoms with Crippen molar-refractivity contribution >= 4 is 0 Å². The van der Waals surface area contributed by atoms with Gasteiger partial charge in [0.15, 0.2) is 0 Å². The van der Waals surface area contributed by atoms with E-state index in [4.69, 9.17) is 0 Å². The van der Waals surface area contributed by atoms with Crippen LogP contribution >= 0.6 is 0 Å². The van der Waals surface area contributed by atoms with Gasteiger partial charge in [-0.2, -0.15) is 13.2 Å². The summed E-state index contributed by atoms with van der Waals surface area (Å²) >= 11 is 0. The Morgan fingerprint density at radius 2 is 1.71 bits per heavy atom. The van der Waals surface area contributed by atoms with E-state index < -0.39 is 34.6 Å². The number of benzene rings is 1. The number of nitrogens with zero attached hydrogens (tertiary/aromatic N) is 1. The lowest BCUT2D eigenvalue weighted by molar-refractivity contribution is -0.519. The average Bonchev–Trinajstić information content (AvgIpc) is 2.15. The average molecular weight is 253 g/mol. The predicted octanol–water partition coefficient (Wildman–Crippen LogP) is 1.85. The smallest absolute Gasteiger partial charge is 0.371 e. The lowest BCUT2D eigenvalue weighted by atomic mass is 9.93. The van der Waals surface area contributed by atoms with Crippen LogP contribution in [0.2, 0.25) is 0 Å². The highest BCUT2D eigenvalue weighted by Crippen LogP contribution is 2.39. The van der Waals surface area contributed by atoms with Crippen molar-refractivity contribution in [3.8, 4) is 0 Å². The summed E-state index contributed by atoms with van der Waals surface area (Å²) in [7, 11) is 0. The Morgan fingerprint density at radius 3 is 2.06 bits per heavy atom. The Balaban J connectivity index is 3.24. The number of rotatable bonds is 3. The van der Waals surface area contributed by atoms with Gasteiger partial charge in [-0.05, 0) is 17.7 Å². The van der Waals surface area contributed by atoms with Crippen LogP contribution in [0.1, 0.15) is 5.56 Å². The number of hydrogen-bond donors (Lipinski definition) is 1. The van der Waals surface area contributed by atoms with Crippen molar-refractivity contribution in [2.75, 3.05) is 6.54 Å². The van der Waals surface area contributed by atoms with E-state index >= 15 is 0 Å². The van der Waals surface area contributed by atoms with Crippen molar-refractivity contribution in [2.45, 2.75) is 11.8 Å². The minimum Gasteiger partial charge on any atom is -0.371 e. The van der Waals surface area contributed by atoms with Crippen LogP contribution in [-0.4, -0.2) is 22.8 Å². The summed E-state index contributed by atoms with van der Waals surface area (Å²) in [4.78, 5) is 8.89. The van der Waals surface area contributed by atoms with Gasteiger partial charge in [0.25, 0.3) is 5.60 Å². The van der Waals surface area contributed by atoms with Crippen molar-refractivity contribution in [2.24, 2.45) is 0 Å². The van der Waals surface area contributed by atoms with Crippen LogP contribution < -0.4 is 0 Å². The molecule has 0 saturated heterocycles. The van der Waals surface area contributed by atoms with Crippen LogP contribution in [-0.2, 0) is 5.60 Å². The van der Waals surface area contributed by atoms with Crippen molar-refractivity contribution in [3.63, 3.8) is 0 Å². The van der Waals surface area contributed by atoms with E-state index in [0.29, 0.717) is 24.3 Å².